The summed E-state index contributed by atoms with van der Waals surface area (Å²) in [6.45, 7) is 1.46. The van der Waals surface area contributed by atoms with Crippen LogP contribution in [0.15, 0.2) is 18.2 Å². The van der Waals surface area contributed by atoms with Crippen LogP contribution in [0, 0.1) is 5.82 Å². The quantitative estimate of drug-likeness (QED) is 0.889. The third-order valence-electron chi connectivity index (χ3n) is 3.40. The Kier molecular flexibility index (Phi) is 4.39. The maximum absolute atomic E-state index is 13.0. The lowest BCUT2D eigenvalue weighted by Crippen LogP contribution is -2.56. The highest BCUT2D eigenvalue weighted by Crippen LogP contribution is 2.22. The predicted molar refractivity (Wildman–Crippen MR) is 70.7 cm³/mol. The molecule has 1 fully saturated rings. The zero-order valence-corrected chi connectivity index (χ0v) is 11.2. The first-order valence-corrected chi connectivity index (χ1v) is 6.49. The molecule has 6 heteroatoms. The van der Waals surface area contributed by atoms with Crippen LogP contribution in [0.5, 0.6) is 0 Å². The van der Waals surface area contributed by atoms with E-state index in [1.54, 1.807) is 0 Å². The van der Waals surface area contributed by atoms with Gasteiger partial charge in [-0.15, -0.1) is 0 Å². The van der Waals surface area contributed by atoms with Gasteiger partial charge in [0, 0.05) is 19.8 Å². The van der Waals surface area contributed by atoms with Gasteiger partial charge in [0.15, 0.2) is 0 Å². The Bertz CT molecular complexity index is 476. The van der Waals surface area contributed by atoms with E-state index in [2.05, 4.69) is 5.32 Å². The first-order valence-electron chi connectivity index (χ1n) is 6.12. The van der Waals surface area contributed by atoms with E-state index in [1.807, 2.05) is 0 Å². The van der Waals surface area contributed by atoms with E-state index >= 15 is 0 Å². The summed E-state index contributed by atoms with van der Waals surface area (Å²) in [4.78, 5) is 12.2. The van der Waals surface area contributed by atoms with Gasteiger partial charge in [-0.3, -0.25) is 4.79 Å². The number of amides is 1. The van der Waals surface area contributed by atoms with Gasteiger partial charge in [-0.2, -0.15) is 0 Å². The third-order valence-corrected chi connectivity index (χ3v) is 3.71. The monoisotopic (exact) mass is 286 g/mol. The molecule has 1 aromatic rings. The molecule has 1 aliphatic rings. The van der Waals surface area contributed by atoms with Gasteiger partial charge in [-0.25, -0.2) is 4.39 Å². The van der Waals surface area contributed by atoms with Crippen molar-refractivity contribution in [2.45, 2.75) is 18.4 Å². The molecule has 0 spiro atoms. The molecule has 1 aliphatic heterocycles. The van der Waals surface area contributed by atoms with Crippen LogP contribution in [-0.4, -0.2) is 31.2 Å². The number of benzene rings is 1. The topological polar surface area (TPSA) is 64.3 Å². The van der Waals surface area contributed by atoms with Crippen molar-refractivity contribution in [1.82, 2.24) is 5.32 Å². The molecule has 104 valence electrons. The van der Waals surface area contributed by atoms with Crippen molar-refractivity contribution in [2.24, 2.45) is 5.73 Å². The van der Waals surface area contributed by atoms with Crippen molar-refractivity contribution in [3.8, 4) is 0 Å². The Labute approximate surface area is 116 Å². The van der Waals surface area contributed by atoms with E-state index in [4.69, 9.17) is 22.1 Å². The summed E-state index contributed by atoms with van der Waals surface area (Å²) >= 11 is 5.87. The van der Waals surface area contributed by atoms with Crippen LogP contribution in [0.1, 0.15) is 23.2 Å². The van der Waals surface area contributed by atoms with E-state index in [0.717, 1.165) is 6.07 Å². The van der Waals surface area contributed by atoms with E-state index in [-0.39, 0.29) is 16.5 Å². The fraction of sp³-hybridized carbons (Fsp3) is 0.462. The number of carbonyl (C=O) groups excluding carboxylic acids is 1. The van der Waals surface area contributed by atoms with Gasteiger partial charge in [0.1, 0.15) is 5.82 Å². The second-order valence-corrected chi connectivity index (χ2v) is 5.08. The number of carbonyl (C=O) groups is 1. The van der Waals surface area contributed by atoms with Crippen LogP contribution in [0.3, 0.4) is 0 Å². The molecule has 0 aromatic heterocycles. The molecule has 1 saturated heterocycles. The van der Waals surface area contributed by atoms with Crippen molar-refractivity contribution in [3.05, 3.63) is 34.6 Å². The molecule has 3 N–H and O–H groups in total. The SMILES string of the molecule is NCC1(NC(=O)c2ccc(F)cc2Cl)CCOCC1. The van der Waals surface area contributed by atoms with Gasteiger partial charge in [0.05, 0.1) is 16.1 Å². The zero-order valence-electron chi connectivity index (χ0n) is 10.4. The van der Waals surface area contributed by atoms with Gasteiger partial charge in [0.25, 0.3) is 5.91 Å². The molecule has 2 rings (SSSR count). The van der Waals surface area contributed by atoms with Crippen LogP contribution in [0.4, 0.5) is 4.39 Å². The van der Waals surface area contributed by atoms with Crippen LogP contribution in [0.25, 0.3) is 0 Å². The smallest absolute Gasteiger partial charge is 0.253 e. The van der Waals surface area contributed by atoms with Crippen molar-refractivity contribution >= 4 is 17.5 Å². The maximum atomic E-state index is 13.0. The summed E-state index contributed by atoms with van der Waals surface area (Å²) < 4.78 is 18.2. The number of nitrogens with one attached hydrogen (secondary N) is 1. The second-order valence-electron chi connectivity index (χ2n) is 4.68. The molecule has 0 atom stereocenters. The summed E-state index contributed by atoms with van der Waals surface area (Å²) in [5.41, 5.74) is 5.55. The van der Waals surface area contributed by atoms with Crippen molar-refractivity contribution in [1.29, 1.82) is 0 Å². The number of halogens is 2. The number of hydrogen-bond acceptors (Lipinski definition) is 3. The Balaban J connectivity index is 2.15. The Morgan fingerprint density at radius 1 is 1.47 bits per heavy atom. The molecule has 4 nitrogen and oxygen atoms in total. The largest absolute Gasteiger partial charge is 0.381 e. The second kappa shape index (κ2) is 5.86. The predicted octanol–water partition coefficient (Wildman–Crippen LogP) is 1.72. The molecule has 1 heterocycles. The normalized spacial score (nSPS) is 18.1. The van der Waals surface area contributed by atoms with Crippen LogP contribution >= 0.6 is 11.6 Å². The van der Waals surface area contributed by atoms with Gasteiger partial charge < -0.3 is 15.8 Å². The molecule has 0 radical (unpaired) electrons. The molecular formula is C13H16ClFN2O2. The average Bonchev–Trinajstić information content (AvgIpc) is 2.39. The zero-order chi connectivity index (χ0) is 13.9. The fourth-order valence-corrected chi connectivity index (χ4v) is 2.38. The van der Waals surface area contributed by atoms with Gasteiger partial charge in [0.2, 0.25) is 0 Å². The van der Waals surface area contributed by atoms with Gasteiger partial charge in [-0.05, 0) is 31.0 Å². The van der Waals surface area contributed by atoms with Crippen LogP contribution in [0.2, 0.25) is 5.02 Å². The highest BCUT2D eigenvalue weighted by molar-refractivity contribution is 6.33. The number of rotatable bonds is 3. The highest BCUT2D eigenvalue weighted by atomic mass is 35.5. The van der Waals surface area contributed by atoms with Crippen LogP contribution < -0.4 is 11.1 Å². The number of hydrogen-bond donors (Lipinski definition) is 2. The first kappa shape index (κ1) is 14.2. The Hall–Kier alpha value is -1.17. The van der Waals surface area contributed by atoms with Gasteiger partial charge >= 0.3 is 0 Å². The summed E-state index contributed by atoms with van der Waals surface area (Å²) in [7, 11) is 0. The maximum Gasteiger partial charge on any atom is 0.253 e. The molecule has 0 aliphatic carbocycles. The molecule has 0 bridgehead atoms. The molecule has 0 saturated carbocycles. The van der Waals surface area contributed by atoms with Crippen molar-refractivity contribution in [3.63, 3.8) is 0 Å². The lowest BCUT2D eigenvalue weighted by molar-refractivity contribution is 0.0388. The standard InChI is InChI=1S/C13H16ClFN2O2/c14-11-7-9(15)1-2-10(11)12(18)17-13(8-16)3-5-19-6-4-13/h1-2,7H,3-6,8,16H2,(H,17,18). The lowest BCUT2D eigenvalue weighted by Gasteiger charge is -2.37. The van der Waals surface area contributed by atoms with Crippen LogP contribution in [-0.2, 0) is 4.74 Å². The summed E-state index contributed by atoms with van der Waals surface area (Å²) in [5.74, 6) is -0.807. The lowest BCUT2D eigenvalue weighted by atomic mass is 9.89. The van der Waals surface area contributed by atoms with Gasteiger partial charge in [-0.1, -0.05) is 11.6 Å². The summed E-state index contributed by atoms with van der Waals surface area (Å²) in [6, 6.07) is 3.70. The summed E-state index contributed by atoms with van der Waals surface area (Å²) in [5, 5.41) is 3.00. The van der Waals surface area contributed by atoms with Crippen molar-refractivity contribution < 1.29 is 13.9 Å². The Morgan fingerprint density at radius 3 is 2.74 bits per heavy atom. The molecule has 0 unspecified atom stereocenters. The fourth-order valence-electron chi connectivity index (χ4n) is 2.12. The minimum absolute atomic E-state index is 0.0942. The number of nitrogens with two attached hydrogens (primary N) is 1. The summed E-state index contributed by atoms with van der Waals surface area (Å²) in [6.07, 6.45) is 1.32. The average molecular weight is 287 g/mol. The van der Waals surface area contributed by atoms with E-state index in [1.165, 1.54) is 12.1 Å². The first-order chi connectivity index (χ1) is 9.06. The van der Waals surface area contributed by atoms with E-state index in [0.29, 0.717) is 32.6 Å². The molecule has 1 amide bonds. The minimum atomic E-state index is -0.471. The molecule has 1 aromatic carbocycles. The number of ether oxygens (including phenoxy) is 1. The molecule has 19 heavy (non-hydrogen) atoms. The molecular weight excluding hydrogens is 271 g/mol. The minimum Gasteiger partial charge on any atom is -0.381 e. The van der Waals surface area contributed by atoms with E-state index in [9.17, 15) is 9.18 Å². The third kappa shape index (κ3) is 3.23. The highest BCUT2D eigenvalue weighted by Gasteiger charge is 2.33. The van der Waals surface area contributed by atoms with Crippen molar-refractivity contribution in [2.75, 3.05) is 19.8 Å². The Morgan fingerprint density at radius 2 is 2.16 bits per heavy atom. The van der Waals surface area contributed by atoms with E-state index < -0.39 is 11.4 Å².